The van der Waals surface area contributed by atoms with E-state index in [0.29, 0.717) is 11.3 Å². The minimum atomic E-state index is -1.03. The first-order valence-corrected chi connectivity index (χ1v) is 9.29. The maximum Gasteiger partial charge on any atom is 0.316 e. The average Bonchev–Trinajstić information content (AvgIpc) is 2.67. The molecule has 2 aromatic carbocycles. The molecular formula is C23H26O5. The maximum atomic E-state index is 12.7. The van der Waals surface area contributed by atoms with Crippen LogP contribution in [0, 0.1) is 5.92 Å². The van der Waals surface area contributed by atoms with Crippen molar-refractivity contribution in [3.8, 4) is 5.75 Å². The van der Waals surface area contributed by atoms with E-state index < -0.39 is 17.5 Å². The van der Waals surface area contributed by atoms with Gasteiger partial charge in [-0.1, -0.05) is 42.5 Å². The number of esters is 1. The molecule has 0 aliphatic rings. The molecule has 5 heteroatoms. The molecule has 0 aliphatic heterocycles. The average molecular weight is 382 g/mol. The van der Waals surface area contributed by atoms with Crippen LogP contribution in [-0.2, 0) is 20.7 Å². The van der Waals surface area contributed by atoms with Crippen molar-refractivity contribution in [1.29, 1.82) is 0 Å². The van der Waals surface area contributed by atoms with E-state index in [0.717, 1.165) is 5.56 Å². The highest BCUT2D eigenvalue weighted by Gasteiger charge is 2.31. The van der Waals surface area contributed by atoms with Gasteiger partial charge < -0.3 is 9.47 Å². The summed E-state index contributed by atoms with van der Waals surface area (Å²) in [6.45, 7) is 6.78. The van der Waals surface area contributed by atoms with E-state index in [4.69, 9.17) is 9.47 Å². The molecule has 0 heterocycles. The highest BCUT2D eigenvalue weighted by atomic mass is 16.5. The molecule has 0 amide bonds. The predicted molar refractivity (Wildman–Crippen MR) is 106 cm³/mol. The Labute approximate surface area is 165 Å². The normalized spacial score (nSPS) is 12.1. The van der Waals surface area contributed by atoms with E-state index in [2.05, 4.69) is 0 Å². The summed E-state index contributed by atoms with van der Waals surface area (Å²) in [5.41, 5.74) is 0.367. The summed E-state index contributed by atoms with van der Waals surface area (Å²) in [5, 5.41) is 0. The number of ether oxygens (including phenoxy) is 2. The molecule has 1 atom stereocenters. The van der Waals surface area contributed by atoms with E-state index in [9.17, 15) is 14.4 Å². The molecule has 2 aromatic rings. The molecule has 0 radical (unpaired) electrons. The lowest BCUT2D eigenvalue weighted by Crippen LogP contribution is -2.38. The molecule has 28 heavy (non-hydrogen) atoms. The topological polar surface area (TPSA) is 69.7 Å². The van der Waals surface area contributed by atoms with Crippen molar-refractivity contribution in [2.45, 2.75) is 39.7 Å². The van der Waals surface area contributed by atoms with Gasteiger partial charge in [-0.15, -0.1) is 0 Å². The quantitative estimate of drug-likeness (QED) is 0.372. The Kier molecular flexibility index (Phi) is 7.10. The fraction of sp³-hybridized carbons (Fsp3) is 0.348. The highest BCUT2D eigenvalue weighted by molar-refractivity contribution is 6.02. The molecule has 0 aliphatic carbocycles. The van der Waals surface area contributed by atoms with Crippen LogP contribution in [0.25, 0.3) is 0 Å². The van der Waals surface area contributed by atoms with Gasteiger partial charge >= 0.3 is 5.97 Å². The third-order valence-corrected chi connectivity index (χ3v) is 4.38. The van der Waals surface area contributed by atoms with Gasteiger partial charge in [0, 0.05) is 5.56 Å². The molecule has 0 bridgehead atoms. The Morgan fingerprint density at radius 1 is 0.964 bits per heavy atom. The van der Waals surface area contributed by atoms with Crippen molar-refractivity contribution < 1.29 is 23.9 Å². The van der Waals surface area contributed by atoms with E-state index >= 15 is 0 Å². The van der Waals surface area contributed by atoms with Gasteiger partial charge in [-0.2, -0.15) is 0 Å². The van der Waals surface area contributed by atoms with Gasteiger partial charge in [0.05, 0.1) is 6.61 Å². The summed E-state index contributed by atoms with van der Waals surface area (Å²) >= 11 is 0. The van der Waals surface area contributed by atoms with Crippen LogP contribution in [0.3, 0.4) is 0 Å². The highest BCUT2D eigenvalue weighted by Crippen LogP contribution is 2.23. The summed E-state index contributed by atoms with van der Waals surface area (Å²) < 4.78 is 10.9. The number of hydrogen-bond donors (Lipinski definition) is 0. The van der Waals surface area contributed by atoms with E-state index in [1.54, 1.807) is 57.2 Å². The number of benzene rings is 2. The predicted octanol–water partition coefficient (Wildman–Crippen LogP) is 4.04. The fourth-order valence-electron chi connectivity index (χ4n) is 2.84. The van der Waals surface area contributed by atoms with Crippen LogP contribution in [0.4, 0.5) is 0 Å². The number of hydrogen-bond acceptors (Lipinski definition) is 5. The minimum Gasteiger partial charge on any atom is -0.480 e. The van der Waals surface area contributed by atoms with Crippen LogP contribution in [0.2, 0.25) is 0 Å². The maximum absolute atomic E-state index is 12.7. The van der Waals surface area contributed by atoms with Crippen molar-refractivity contribution >= 4 is 17.5 Å². The van der Waals surface area contributed by atoms with Crippen LogP contribution in [0.15, 0.2) is 54.6 Å². The number of carbonyl (C=O) groups is 3. The van der Waals surface area contributed by atoms with Crippen LogP contribution in [-0.4, -0.2) is 29.7 Å². The molecule has 5 nitrogen and oxygen atoms in total. The molecule has 0 fully saturated rings. The third kappa shape index (κ3) is 5.52. The van der Waals surface area contributed by atoms with Crippen LogP contribution in [0.5, 0.6) is 5.75 Å². The first kappa shape index (κ1) is 21.4. The lowest BCUT2D eigenvalue weighted by Gasteiger charge is -2.25. The van der Waals surface area contributed by atoms with E-state index in [-0.39, 0.29) is 24.6 Å². The van der Waals surface area contributed by atoms with Crippen LogP contribution in [0.1, 0.15) is 43.6 Å². The third-order valence-electron chi connectivity index (χ3n) is 4.38. The van der Waals surface area contributed by atoms with Gasteiger partial charge in [0.2, 0.25) is 5.78 Å². The van der Waals surface area contributed by atoms with Crippen molar-refractivity contribution in [3.63, 3.8) is 0 Å². The second-order valence-electron chi connectivity index (χ2n) is 7.07. The smallest absolute Gasteiger partial charge is 0.316 e. The van der Waals surface area contributed by atoms with Gasteiger partial charge in [0.1, 0.15) is 17.5 Å². The largest absolute Gasteiger partial charge is 0.480 e. The summed E-state index contributed by atoms with van der Waals surface area (Å²) in [7, 11) is 0. The number of ketones is 2. The van der Waals surface area contributed by atoms with Gasteiger partial charge in [-0.25, -0.2) is 0 Å². The summed E-state index contributed by atoms with van der Waals surface area (Å²) in [6.07, 6.45) is 0.265. The van der Waals surface area contributed by atoms with Gasteiger partial charge in [0.25, 0.3) is 0 Å². The zero-order chi connectivity index (χ0) is 20.7. The van der Waals surface area contributed by atoms with Gasteiger partial charge in [-0.3, -0.25) is 14.4 Å². The molecule has 0 N–H and O–H groups in total. The second kappa shape index (κ2) is 9.31. The molecular weight excluding hydrogens is 356 g/mol. The molecule has 148 valence electrons. The Bertz CT molecular complexity index is 822. The minimum absolute atomic E-state index is 0.115. The Morgan fingerprint density at radius 3 is 2.11 bits per heavy atom. The SMILES string of the molecule is CCOC(=O)C(Cc1ccc(OC(C)(C)C(=O)c2ccccc2)cc1)C(C)=O. The van der Waals surface area contributed by atoms with Crippen molar-refractivity contribution in [1.82, 2.24) is 0 Å². The monoisotopic (exact) mass is 382 g/mol. The molecule has 0 aromatic heterocycles. The number of Topliss-reactive ketones (excluding diaryl/α,β-unsaturated/α-hetero) is 2. The van der Waals surface area contributed by atoms with Crippen LogP contribution < -0.4 is 4.74 Å². The molecule has 0 saturated carbocycles. The van der Waals surface area contributed by atoms with Gasteiger partial charge in [-0.05, 0) is 51.8 Å². The summed E-state index contributed by atoms with van der Waals surface area (Å²) in [4.78, 5) is 36.4. The molecule has 0 spiro atoms. The molecule has 2 rings (SSSR count). The van der Waals surface area contributed by atoms with E-state index in [1.807, 2.05) is 18.2 Å². The van der Waals surface area contributed by atoms with Crippen molar-refractivity contribution in [2.24, 2.45) is 5.92 Å². The second-order valence-corrected chi connectivity index (χ2v) is 7.07. The fourth-order valence-corrected chi connectivity index (χ4v) is 2.84. The Balaban J connectivity index is 2.08. The summed E-state index contributed by atoms with van der Waals surface area (Å²) in [5.74, 6) is -1.13. The van der Waals surface area contributed by atoms with Gasteiger partial charge in [0.15, 0.2) is 5.60 Å². The number of carbonyl (C=O) groups excluding carboxylic acids is 3. The Hall–Kier alpha value is -2.95. The molecule has 0 saturated heterocycles. The van der Waals surface area contributed by atoms with Crippen molar-refractivity contribution in [2.75, 3.05) is 6.61 Å². The number of rotatable bonds is 9. The van der Waals surface area contributed by atoms with Crippen LogP contribution >= 0.6 is 0 Å². The standard InChI is InChI=1S/C23H26O5/c1-5-27-22(26)20(16(2)24)15-17-11-13-19(14-12-17)28-23(3,4)21(25)18-9-7-6-8-10-18/h6-14,20H,5,15H2,1-4H3. The lowest BCUT2D eigenvalue weighted by atomic mass is 9.95. The van der Waals surface area contributed by atoms with E-state index in [1.165, 1.54) is 6.92 Å². The Morgan fingerprint density at radius 2 is 1.57 bits per heavy atom. The first-order valence-electron chi connectivity index (χ1n) is 9.29. The lowest BCUT2D eigenvalue weighted by molar-refractivity contribution is -0.151. The summed E-state index contributed by atoms with van der Waals surface area (Å²) in [6, 6.07) is 16.0. The van der Waals surface area contributed by atoms with Crippen molar-refractivity contribution in [3.05, 3.63) is 65.7 Å². The zero-order valence-corrected chi connectivity index (χ0v) is 16.7. The molecule has 1 unspecified atom stereocenters. The zero-order valence-electron chi connectivity index (χ0n) is 16.7. The first-order chi connectivity index (χ1) is 13.2.